The maximum Gasteiger partial charge on any atom is 0.326 e. The third kappa shape index (κ3) is 4.47. The van der Waals surface area contributed by atoms with Gasteiger partial charge in [-0.2, -0.15) is 0 Å². The molecule has 31 heavy (non-hydrogen) atoms. The average molecular weight is 467 g/mol. The number of imide groups is 1. The number of pyridine rings is 1. The zero-order valence-corrected chi connectivity index (χ0v) is 17.1. The zero-order valence-electron chi connectivity index (χ0n) is 15.6. The molecule has 2 aromatic rings. The second-order valence-corrected chi connectivity index (χ2v) is 7.10. The van der Waals surface area contributed by atoms with Crippen LogP contribution in [0.5, 0.6) is 0 Å². The van der Waals surface area contributed by atoms with E-state index in [9.17, 15) is 29.3 Å². The third-order valence-corrected chi connectivity index (χ3v) is 4.68. The Morgan fingerprint density at radius 2 is 2.00 bits per heavy atom. The van der Waals surface area contributed by atoms with E-state index in [0.29, 0.717) is 4.90 Å². The number of carbonyl (C=O) groups is 4. The first-order valence-corrected chi connectivity index (χ1v) is 9.30. The number of halogens is 2. The van der Waals surface area contributed by atoms with Gasteiger partial charge in [0.1, 0.15) is 12.1 Å². The Kier molecular flexibility index (Phi) is 6.18. The molecule has 0 radical (unpaired) electrons. The van der Waals surface area contributed by atoms with Crippen molar-refractivity contribution in [3.05, 3.63) is 61.7 Å². The van der Waals surface area contributed by atoms with Crippen LogP contribution in [0.4, 0.5) is 11.5 Å². The van der Waals surface area contributed by atoms with Crippen LogP contribution in [0.1, 0.15) is 27.6 Å². The van der Waals surface area contributed by atoms with Gasteiger partial charge in [-0.25, -0.2) is 4.98 Å². The molecular weight excluding hydrogens is 455 g/mol. The molecule has 1 aliphatic heterocycles. The minimum Gasteiger partial charge on any atom is -0.451 e. The summed E-state index contributed by atoms with van der Waals surface area (Å²) in [6.07, 6.45) is -0.0770. The maximum atomic E-state index is 12.5. The molecule has 0 aliphatic carbocycles. The number of hydrogen-bond donors (Lipinski definition) is 1. The summed E-state index contributed by atoms with van der Waals surface area (Å²) in [4.78, 5) is 64.0. The van der Waals surface area contributed by atoms with Gasteiger partial charge in [-0.1, -0.05) is 29.3 Å². The van der Waals surface area contributed by atoms with Crippen molar-refractivity contribution >= 4 is 58.4 Å². The Balaban J connectivity index is 1.66. The Morgan fingerprint density at radius 1 is 1.29 bits per heavy atom. The number of amides is 3. The molecule has 1 aromatic heterocycles. The number of carbonyl (C=O) groups excluding carboxylic acids is 4. The minimum absolute atomic E-state index is 0.00776. The predicted molar refractivity (Wildman–Crippen MR) is 107 cm³/mol. The van der Waals surface area contributed by atoms with Crippen LogP contribution in [0.3, 0.4) is 0 Å². The van der Waals surface area contributed by atoms with E-state index in [2.05, 4.69) is 10.3 Å². The van der Waals surface area contributed by atoms with Crippen LogP contribution in [0.25, 0.3) is 0 Å². The smallest absolute Gasteiger partial charge is 0.326 e. The number of hydrogen-bond acceptors (Lipinski definition) is 8. The van der Waals surface area contributed by atoms with Gasteiger partial charge in [-0.3, -0.25) is 34.2 Å². The van der Waals surface area contributed by atoms with Gasteiger partial charge in [-0.05, 0) is 19.1 Å². The zero-order chi connectivity index (χ0) is 22.9. The van der Waals surface area contributed by atoms with Crippen molar-refractivity contribution in [2.75, 3.05) is 11.9 Å². The number of aromatic nitrogens is 1. The molecule has 1 aromatic carbocycles. The molecule has 11 nitrogen and oxygen atoms in total. The lowest BCUT2D eigenvalue weighted by Gasteiger charge is -2.16. The van der Waals surface area contributed by atoms with E-state index in [4.69, 9.17) is 27.9 Å². The minimum atomic E-state index is -1.33. The van der Waals surface area contributed by atoms with Crippen LogP contribution in [-0.4, -0.2) is 51.1 Å². The van der Waals surface area contributed by atoms with Crippen molar-refractivity contribution in [1.29, 1.82) is 0 Å². The van der Waals surface area contributed by atoms with Gasteiger partial charge in [0.05, 0.1) is 20.5 Å². The molecule has 1 unspecified atom stereocenters. The van der Waals surface area contributed by atoms with Crippen LogP contribution < -0.4 is 5.32 Å². The Morgan fingerprint density at radius 3 is 2.65 bits per heavy atom. The lowest BCUT2D eigenvalue weighted by atomic mass is 10.1. The fraction of sp³-hybridized carbons (Fsp3) is 0.167. The fourth-order valence-corrected chi connectivity index (χ4v) is 3.18. The molecule has 1 N–H and O–H groups in total. The monoisotopic (exact) mass is 466 g/mol. The van der Waals surface area contributed by atoms with Crippen LogP contribution >= 0.6 is 23.2 Å². The summed E-state index contributed by atoms with van der Waals surface area (Å²) >= 11 is 11.6. The summed E-state index contributed by atoms with van der Waals surface area (Å²) in [5.74, 6) is -3.74. The van der Waals surface area contributed by atoms with Crippen LogP contribution in [0.15, 0.2) is 30.5 Å². The second-order valence-electron chi connectivity index (χ2n) is 6.26. The number of nitrogens with one attached hydrogen (secondary N) is 1. The molecule has 1 atom stereocenters. The molecule has 3 amide bonds. The number of nitro groups is 1. The standard InChI is InChI=1S/C18H12Cl2N4O7/c1-8(16(26)22-15-11(20)5-9(19)6-21-15)31-13(25)7-23-17(27)10-3-2-4-12(24(29)30)14(10)18(23)28/h2-6,8H,7H2,1H3,(H,21,22,26). The molecule has 13 heteroatoms. The van der Waals surface area contributed by atoms with Crippen molar-refractivity contribution < 1.29 is 28.8 Å². The first-order chi connectivity index (χ1) is 14.6. The van der Waals surface area contributed by atoms with E-state index < -0.39 is 52.5 Å². The van der Waals surface area contributed by atoms with Gasteiger partial charge < -0.3 is 10.1 Å². The highest BCUT2D eigenvalue weighted by atomic mass is 35.5. The molecule has 0 fully saturated rings. The lowest BCUT2D eigenvalue weighted by Crippen LogP contribution is -2.38. The lowest BCUT2D eigenvalue weighted by molar-refractivity contribution is -0.385. The molecule has 0 spiro atoms. The largest absolute Gasteiger partial charge is 0.451 e. The Labute approximate surface area is 184 Å². The molecule has 1 aliphatic rings. The number of anilines is 1. The molecule has 2 heterocycles. The topological polar surface area (TPSA) is 149 Å². The van der Waals surface area contributed by atoms with Crippen molar-refractivity contribution in [2.45, 2.75) is 13.0 Å². The highest BCUT2D eigenvalue weighted by Crippen LogP contribution is 2.30. The van der Waals surface area contributed by atoms with Crippen LogP contribution in [-0.2, 0) is 14.3 Å². The van der Waals surface area contributed by atoms with Crippen molar-refractivity contribution in [1.82, 2.24) is 9.88 Å². The first kappa shape index (κ1) is 22.1. The van der Waals surface area contributed by atoms with Crippen molar-refractivity contribution in [3.63, 3.8) is 0 Å². The molecule has 0 saturated carbocycles. The van der Waals surface area contributed by atoms with E-state index in [1.165, 1.54) is 31.3 Å². The van der Waals surface area contributed by atoms with Crippen LogP contribution in [0, 0.1) is 10.1 Å². The Bertz CT molecular complexity index is 1140. The van der Waals surface area contributed by atoms with E-state index in [1.54, 1.807) is 0 Å². The van der Waals surface area contributed by atoms with E-state index in [-0.39, 0.29) is 21.4 Å². The summed E-state index contributed by atoms with van der Waals surface area (Å²) < 4.78 is 4.96. The number of rotatable bonds is 6. The number of ether oxygens (including phenoxy) is 1. The maximum absolute atomic E-state index is 12.5. The van der Waals surface area contributed by atoms with Crippen LogP contribution in [0.2, 0.25) is 10.0 Å². The van der Waals surface area contributed by atoms with Gasteiger partial charge in [0.25, 0.3) is 23.4 Å². The molecule has 0 saturated heterocycles. The number of benzene rings is 1. The molecular formula is C18H12Cl2N4O7. The van der Waals surface area contributed by atoms with Gasteiger partial charge in [0.15, 0.2) is 11.9 Å². The summed E-state index contributed by atoms with van der Waals surface area (Å²) in [6, 6.07) is 4.93. The highest BCUT2D eigenvalue weighted by molar-refractivity contribution is 6.36. The first-order valence-electron chi connectivity index (χ1n) is 8.55. The SMILES string of the molecule is CC(OC(=O)CN1C(=O)c2cccc([N+](=O)[O-])c2C1=O)C(=O)Nc1ncc(Cl)cc1Cl. The number of esters is 1. The van der Waals surface area contributed by atoms with Gasteiger partial charge in [0, 0.05) is 12.3 Å². The summed E-state index contributed by atoms with van der Waals surface area (Å²) in [6.45, 7) is 0.422. The number of nitrogens with zero attached hydrogens (tertiary/aromatic N) is 3. The summed E-state index contributed by atoms with van der Waals surface area (Å²) in [5, 5.41) is 13.8. The van der Waals surface area contributed by atoms with E-state index in [1.807, 2.05) is 0 Å². The molecule has 160 valence electrons. The Hall–Kier alpha value is -3.57. The van der Waals surface area contributed by atoms with Gasteiger partial charge in [0.2, 0.25) is 0 Å². The number of fused-ring (bicyclic) bond motifs is 1. The van der Waals surface area contributed by atoms with E-state index >= 15 is 0 Å². The quantitative estimate of drug-likeness (QED) is 0.295. The normalized spacial score (nSPS) is 13.6. The fourth-order valence-electron chi connectivity index (χ4n) is 2.75. The van der Waals surface area contributed by atoms with E-state index in [0.717, 1.165) is 6.07 Å². The van der Waals surface area contributed by atoms with Crippen molar-refractivity contribution in [2.24, 2.45) is 0 Å². The average Bonchev–Trinajstić information content (AvgIpc) is 2.94. The molecule has 0 bridgehead atoms. The predicted octanol–water partition coefficient (Wildman–Crippen LogP) is 2.46. The second kappa shape index (κ2) is 8.66. The highest BCUT2D eigenvalue weighted by Gasteiger charge is 2.42. The third-order valence-electron chi connectivity index (χ3n) is 4.19. The van der Waals surface area contributed by atoms with Gasteiger partial charge in [-0.15, -0.1) is 0 Å². The summed E-state index contributed by atoms with van der Waals surface area (Å²) in [7, 11) is 0. The molecule has 3 rings (SSSR count). The summed E-state index contributed by atoms with van der Waals surface area (Å²) in [5.41, 5.74) is -1.15. The van der Waals surface area contributed by atoms with Crippen molar-refractivity contribution in [3.8, 4) is 0 Å². The number of nitro benzene ring substituents is 1. The van der Waals surface area contributed by atoms with Gasteiger partial charge >= 0.3 is 5.97 Å².